The number of carbonyl (C=O) groups excluding carboxylic acids is 1. The Balaban J connectivity index is 1.93. The summed E-state index contributed by atoms with van der Waals surface area (Å²) in [6.45, 7) is 4.77. The molecule has 0 bridgehead atoms. The summed E-state index contributed by atoms with van der Waals surface area (Å²) in [5, 5.41) is 9.28. The van der Waals surface area contributed by atoms with Crippen molar-refractivity contribution in [2.24, 2.45) is 4.99 Å². The van der Waals surface area contributed by atoms with Crippen molar-refractivity contribution in [2.45, 2.75) is 26.5 Å². The summed E-state index contributed by atoms with van der Waals surface area (Å²) >= 11 is 0. The lowest BCUT2D eigenvalue weighted by Crippen LogP contribution is -2.38. The third-order valence-electron chi connectivity index (χ3n) is 4.19. The van der Waals surface area contributed by atoms with Gasteiger partial charge < -0.3 is 20.7 Å². The Morgan fingerprint density at radius 3 is 2.54 bits per heavy atom. The molecule has 2 aromatic carbocycles. The van der Waals surface area contributed by atoms with Crippen LogP contribution in [0.5, 0.6) is 0 Å². The smallest absolute Gasteiger partial charge is 0.251 e. The molecule has 0 fully saturated rings. The number of nitrogens with zero attached hydrogens (tertiary/aromatic N) is 1. The van der Waals surface area contributed by atoms with Crippen molar-refractivity contribution in [2.75, 3.05) is 27.2 Å². The molecule has 0 aliphatic carbocycles. The molecule has 0 spiro atoms. The summed E-state index contributed by atoms with van der Waals surface area (Å²) in [5.41, 5.74) is 4.07. The summed E-state index contributed by atoms with van der Waals surface area (Å²) < 4.78 is 5.19. The van der Waals surface area contributed by atoms with Gasteiger partial charge in [-0.1, -0.05) is 36.4 Å². The van der Waals surface area contributed by atoms with Gasteiger partial charge in [0.05, 0.1) is 13.2 Å². The van der Waals surface area contributed by atoms with E-state index in [0.717, 1.165) is 42.2 Å². The topological polar surface area (TPSA) is 74.8 Å². The number of ether oxygens (including phenoxy) is 1. The minimum atomic E-state index is -0.0691. The highest BCUT2D eigenvalue weighted by Crippen LogP contribution is 2.08. The molecule has 0 saturated heterocycles. The maximum Gasteiger partial charge on any atom is 0.251 e. The first kappa shape index (κ1) is 21.4. The number of aliphatic imine (C=N–C) groups is 1. The van der Waals surface area contributed by atoms with Crippen LogP contribution in [0.2, 0.25) is 0 Å². The van der Waals surface area contributed by atoms with E-state index in [-0.39, 0.29) is 5.91 Å². The maximum atomic E-state index is 11.8. The molecule has 0 radical (unpaired) electrons. The number of nitrogens with one attached hydrogen (secondary N) is 3. The first-order valence-corrected chi connectivity index (χ1v) is 9.56. The fraction of sp³-hybridized carbons (Fsp3) is 0.364. The highest BCUT2D eigenvalue weighted by atomic mass is 16.5. The molecule has 6 nitrogen and oxygen atoms in total. The minimum Gasteiger partial charge on any atom is -0.380 e. The first-order valence-electron chi connectivity index (χ1n) is 9.56. The van der Waals surface area contributed by atoms with E-state index in [2.05, 4.69) is 33.1 Å². The van der Waals surface area contributed by atoms with Crippen LogP contribution in [0.4, 0.5) is 0 Å². The fourth-order valence-electron chi connectivity index (χ4n) is 2.83. The van der Waals surface area contributed by atoms with Gasteiger partial charge in [-0.15, -0.1) is 0 Å². The van der Waals surface area contributed by atoms with Gasteiger partial charge in [0.25, 0.3) is 5.91 Å². The SMILES string of the molecule is CCNC(=NCc1cccc(COC)c1)NCCc1cccc(C(=O)NC)c1. The lowest BCUT2D eigenvalue weighted by atomic mass is 10.1. The third-order valence-corrected chi connectivity index (χ3v) is 4.19. The van der Waals surface area contributed by atoms with Crippen LogP contribution in [0.25, 0.3) is 0 Å². The number of guanidine groups is 1. The Morgan fingerprint density at radius 1 is 1.04 bits per heavy atom. The second-order valence-corrected chi connectivity index (χ2v) is 6.40. The molecular formula is C22H30N4O2. The van der Waals surface area contributed by atoms with Crippen molar-refractivity contribution >= 4 is 11.9 Å². The van der Waals surface area contributed by atoms with Crippen molar-refractivity contribution in [1.82, 2.24) is 16.0 Å². The summed E-state index contributed by atoms with van der Waals surface area (Å²) in [7, 11) is 3.34. The van der Waals surface area contributed by atoms with Crippen LogP contribution in [0.1, 0.15) is 34.0 Å². The number of hydrogen-bond donors (Lipinski definition) is 3. The number of methoxy groups -OCH3 is 1. The average Bonchev–Trinajstić information content (AvgIpc) is 2.72. The molecule has 0 aliphatic rings. The second-order valence-electron chi connectivity index (χ2n) is 6.40. The summed E-state index contributed by atoms with van der Waals surface area (Å²) in [5.74, 6) is 0.711. The molecule has 150 valence electrons. The van der Waals surface area contributed by atoms with Crippen LogP contribution < -0.4 is 16.0 Å². The van der Waals surface area contributed by atoms with E-state index in [4.69, 9.17) is 4.74 Å². The number of rotatable bonds is 9. The zero-order chi connectivity index (χ0) is 20.2. The molecule has 2 aromatic rings. The lowest BCUT2D eigenvalue weighted by Gasteiger charge is -2.12. The highest BCUT2D eigenvalue weighted by Gasteiger charge is 2.04. The van der Waals surface area contributed by atoms with Gasteiger partial charge in [0.1, 0.15) is 0 Å². The van der Waals surface area contributed by atoms with Crippen LogP contribution in [0, 0.1) is 0 Å². The van der Waals surface area contributed by atoms with Crippen molar-refractivity contribution in [3.05, 3.63) is 70.8 Å². The van der Waals surface area contributed by atoms with E-state index in [0.29, 0.717) is 18.7 Å². The van der Waals surface area contributed by atoms with E-state index in [1.165, 1.54) is 0 Å². The number of carbonyl (C=O) groups is 1. The molecule has 6 heteroatoms. The van der Waals surface area contributed by atoms with E-state index in [1.54, 1.807) is 14.2 Å². The maximum absolute atomic E-state index is 11.8. The molecule has 0 unspecified atom stereocenters. The minimum absolute atomic E-state index is 0.0691. The summed E-state index contributed by atoms with van der Waals surface area (Å²) in [4.78, 5) is 16.4. The second kappa shape index (κ2) is 11.8. The molecule has 0 heterocycles. The Morgan fingerprint density at radius 2 is 1.79 bits per heavy atom. The molecule has 0 aromatic heterocycles. The normalized spacial score (nSPS) is 11.2. The van der Waals surface area contributed by atoms with Crippen molar-refractivity contribution in [1.29, 1.82) is 0 Å². The number of hydrogen-bond acceptors (Lipinski definition) is 3. The van der Waals surface area contributed by atoms with Crippen molar-refractivity contribution in [3.8, 4) is 0 Å². The largest absolute Gasteiger partial charge is 0.380 e. The fourth-order valence-corrected chi connectivity index (χ4v) is 2.83. The van der Waals surface area contributed by atoms with Gasteiger partial charge >= 0.3 is 0 Å². The standard InChI is InChI=1S/C22H30N4O2/c1-4-24-22(26-15-18-8-5-9-19(13-18)16-28-3)25-12-11-17-7-6-10-20(14-17)21(27)23-2/h5-10,13-14H,4,11-12,15-16H2,1-3H3,(H,23,27)(H2,24,25,26). The monoisotopic (exact) mass is 382 g/mol. The van der Waals surface area contributed by atoms with Gasteiger partial charge in [-0.05, 0) is 42.2 Å². The molecule has 1 amide bonds. The van der Waals surface area contributed by atoms with Crippen LogP contribution in [0.3, 0.4) is 0 Å². The van der Waals surface area contributed by atoms with Gasteiger partial charge in [0.15, 0.2) is 5.96 Å². The van der Waals surface area contributed by atoms with Gasteiger partial charge in [-0.3, -0.25) is 4.79 Å². The molecule has 0 atom stereocenters. The predicted octanol–water partition coefficient (Wildman–Crippen LogP) is 2.49. The Kier molecular flexibility index (Phi) is 9.01. The van der Waals surface area contributed by atoms with Gasteiger partial charge in [-0.25, -0.2) is 4.99 Å². The molecule has 0 saturated carbocycles. The summed E-state index contributed by atoms with van der Waals surface area (Å²) in [6, 6.07) is 15.9. The average molecular weight is 383 g/mol. The predicted molar refractivity (Wildman–Crippen MR) is 114 cm³/mol. The highest BCUT2D eigenvalue weighted by molar-refractivity contribution is 5.94. The first-order chi connectivity index (χ1) is 13.7. The van der Waals surface area contributed by atoms with Crippen LogP contribution in [-0.2, 0) is 24.3 Å². The van der Waals surface area contributed by atoms with Crippen LogP contribution in [-0.4, -0.2) is 39.1 Å². The Labute approximate surface area is 167 Å². The summed E-state index contributed by atoms with van der Waals surface area (Å²) in [6.07, 6.45) is 0.804. The van der Waals surface area contributed by atoms with E-state index in [9.17, 15) is 4.79 Å². The van der Waals surface area contributed by atoms with E-state index >= 15 is 0 Å². The number of benzene rings is 2. The Hall–Kier alpha value is -2.86. The lowest BCUT2D eigenvalue weighted by molar-refractivity contribution is 0.0963. The van der Waals surface area contributed by atoms with E-state index in [1.807, 2.05) is 43.3 Å². The van der Waals surface area contributed by atoms with Gasteiger partial charge in [0.2, 0.25) is 0 Å². The molecular weight excluding hydrogens is 352 g/mol. The zero-order valence-corrected chi connectivity index (χ0v) is 16.9. The van der Waals surface area contributed by atoms with Crippen LogP contribution >= 0.6 is 0 Å². The quantitative estimate of drug-likeness (QED) is 0.460. The molecule has 2 rings (SSSR count). The zero-order valence-electron chi connectivity index (χ0n) is 16.9. The molecule has 3 N–H and O–H groups in total. The molecule has 0 aliphatic heterocycles. The van der Waals surface area contributed by atoms with E-state index < -0.39 is 0 Å². The number of amides is 1. The third kappa shape index (κ3) is 7.04. The van der Waals surface area contributed by atoms with Crippen molar-refractivity contribution in [3.63, 3.8) is 0 Å². The van der Waals surface area contributed by atoms with Gasteiger partial charge in [-0.2, -0.15) is 0 Å². The van der Waals surface area contributed by atoms with Crippen LogP contribution in [0.15, 0.2) is 53.5 Å². The van der Waals surface area contributed by atoms with Crippen molar-refractivity contribution < 1.29 is 9.53 Å². The van der Waals surface area contributed by atoms with Gasteiger partial charge in [0, 0.05) is 32.8 Å². The molecule has 28 heavy (non-hydrogen) atoms. The Bertz CT molecular complexity index is 790.